The van der Waals surface area contributed by atoms with Crippen LogP contribution < -0.4 is 5.32 Å². The van der Waals surface area contributed by atoms with Gasteiger partial charge in [-0.05, 0) is 28.7 Å². The summed E-state index contributed by atoms with van der Waals surface area (Å²) >= 11 is 0. The maximum atomic E-state index is 14.8. The summed E-state index contributed by atoms with van der Waals surface area (Å²) < 4.78 is 30.7. The van der Waals surface area contributed by atoms with Crippen molar-refractivity contribution in [2.24, 2.45) is 7.05 Å². The van der Waals surface area contributed by atoms with E-state index in [1.165, 1.54) is 15.6 Å². The highest BCUT2D eigenvalue weighted by Gasteiger charge is 2.40. The van der Waals surface area contributed by atoms with E-state index >= 15 is 0 Å². The molecule has 0 bridgehead atoms. The lowest BCUT2D eigenvalue weighted by atomic mass is 9.94. The van der Waals surface area contributed by atoms with E-state index in [2.05, 4.69) is 15.6 Å². The first-order chi connectivity index (χ1) is 16.7. The third-order valence-corrected chi connectivity index (χ3v) is 6.25. The van der Waals surface area contributed by atoms with Gasteiger partial charge in [-0.2, -0.15) is 0 Å². The second kappa shape index (κ2) is 10.3. The van der Waals surface area contributed by atoms with Gasteiger partial charge in [-0.3, -0.25) is 14.3 Å². The molecule has 3 unspecified atom stereocenters. The van der Waals surface area contributed by atoms with Gasteiger partial charge in [0.15, 0.2) is 0 Å². The number of amides is 2. The molecular weight excluding hydrogens is 452 g/mol. The zero-order chi connectivity index (χ0) is 25.1. The van der Waals surface area contributed by atoms with Crippen LogP contribution in [0.2, 0.25) is 0 Å². The van der Waals surface area contributed by atoms with Gasteiger partial charge >= 0.3 is 0 Å². The summed E-state index contributed by atoms with van der Waals surface area (Å²) in [5.74, 6) is -1.21. The molecule has 1 saturated heterocycles. The van der Waals surface area contributed by atoms with Crippen LogP contribution in [0.3, 0.4) is 0 Å². The fraction of sp³-hybridized carbons (Fsp3) is 0.385. The van der Waals surface area contributed by atoms with Crippen LogP contribution in [0.25, 0.3) is 0 Å². The van der Waals surface area contributed by atoms with E-state index in [1.807, 2.05) is 44.2 Å². The molecule has 184 valence electrons. The number of hydrogen-bond acceptors (Lipinski definition) is 4. The van der Waals surface area contributed by atoms with Crippen LogP contribution in [0.4, 0.5) is 8.78 Å². The topological polar surface area (TPSA) is 80.1 Å². The fourth-order valence-electron chi connectivity index (χ4n) is 4.48. The molecule has 0 spiro atoms. The monoisotopic (exact) mass is 481 g/mol. The number of aryl methyl sites for hydroxylation is 1. The molecule has 2 heterocycles. The lowest BCUT2D eigenvalue weighted by molar-refractivity contribution is -0.138. The average Bonchev–Trinajstić information content (AvgIpc) is 3.42. The molecule has 0 radical (unpaired) electrons. The number of benzene rings is 2. The van der Waals surface area contributed by atoms with Crippen molar-refractivity contribution in [2.75, 3.05) is 6.54 Å². The first-order valence-corrected chi connectivity index (χ1v) is 11.7. The molecule has 1 N–H and O–H groups in total. The van der Waals surface area contributed by atoms with Gasteiger partial charge in [0.05, 0.1) is 24.7 Å². The molecular formula is C26H29F2N5O2. The molecule has 1 aliphatic heterocycles. The molecule has 2 amide bonds. The first-order valence-electron chi connectivity index (χ1n) is 11.7. The van der Waals surface area contributed by atoms with Crippen LogP contribution in [0.5, 0.6) is 0 Å². The van der Waals surface area contributed by atoms with Crippen molar-refractivity contribution < 1.29 is 18.4 Å². The van der Waals surface area contributed by atoms with Gasteiger partial charge in [0.25, 0.3) is 0 Å². The quantitative estimate of drug-likeness (QED) is 0.561. The van der Waals surface area contributed by atoms with Crippen molar-refractivity contribution in [1.29, 1.82) is 0 Å². The third kappa shape index (κ3) is 5.55. The van der Waals surface area contributed by atoms with Crippen LogP contribution in [0.15, 0.2) is 54.7 Å². The smallest absolute Gasteiger partial charge is 0.243 e. The number of nitrogens with one attached hydrogen (secondary N) is 1. The Balaban J connectivity index is 1.58. The summed E-state index contributed by atoms with van der Waals surface area (Å²) in [6.45, 7) is 3.66. The van der Waals surface area contributed by atoms with Crippen molar-refractivity contribution in [3.63, 3.8) is 0 Å². The lowest BCUT2D eigenvalue weighted by Gasteiger charge is -2.27. The number of rotatable bonds is 7. The SMILES string of the molecule is CC(C)c1ccc(C(NC(=O)C2CC(F)CN2C(=O)Cc2cn(C)nn2)c2ccccc2)cc1F. The standard InChI is InChI=1S/C26H29F2N5O2/c1-16(2)21-10-9-18(11-22(21)28)25(17-7-5-4-6-8-17)29-26(35)23-12-19(27)14-33(23)24(34)13-20-15-32(3)31-30-20/h4-11,15-16,19,23,25H,12-14H2,1-3H3,(H,29,35). The minimum absolute atomic E-state index is 0.0164. The predicted octanol–water partition coefficient (Wildman–Crippen LogP) is 3.46. The first kappa shape index (κ1) is 24.5. The van der Waals surface area contributed by atoms with E-state index in [0.29, 0.717) is 16.8 Å². The van der Waals surface area contributed by atoms with E-state index in [1.54, 1.807) is 25.4 Å². The Labute approximate surface area is 203 Å². The molecule has 3 aromatic rings. The Morgan fingerprint density at radius 2 is 1.89 bits per heavy atom. The summed E-state index contributed by atoms with van der Waals surface area (Å²) in [7, 11) is 1.69. The van der Waals surface area contributed by atoms with Gasteiger partial charge in [0.1, 0.15) is 18.0 Å². The minimum Gasteiger partial charge on any atom is -0.343 e. The van der Waals surface area contributed by atoms with E-state index in [4.69, 9.17) is 0 Å². The van der Waals surface area contributed by atoms with E-state index in [9.17, 15) is 18.4 Å². The largest absolute Gasteiger partial charge is 0.343 e. The zero-order valence-electron chi connectivity index (χ0n) is 20.0. The molecule has 1 aliphatic rings. The van der Waals surface area contributed by atoms with Gasteiger partial charge in [-0.15, -0.1) is 5.10 Å². The molecule has 4 rings (SSSR count). The zero-order valence-corrected chi connectivity index (χ0v) is 20.0. The Morgan fingerprint density at radius 3 is 2.51 bits per heavy atom. The second-order valence-corrected chi connectivity index (χ2v) is 9.24. The van der Waals surface area contributed by atoms with Crippen molar-refractivity contribution in [3.8, 4) is 0 Å². The number of carbonyl (C=O) groups excluding carboxylic acids is 2. The highest BCUT2D eigenvalue weighted by Crippen LogP contribution is 2.28. The highest BCUT2D eigenvalue weighted by atomic mass is 19.1. The van der Waals surface area contributed by atoms with Crippen molar-refractivity contribution >= 4 is 11.8 Å². The lowest BCUT2D eigenvalue weighted by Crippen LogP contribution is -2.47. The Kier molecular flexibility index (Phi) is 7.23. The van der Waals surface area contributed by atoms with Crippen LogP contribution >= 0.6 is 0 Å². The minimum atomic E-state index is -1.31. The molecule has 3 atom stereocenters. The van der Waals surface area contributed by atoms with Crippen LogP contribution in [0.1, 0.15) is 54.6 Å². The Morgan fingerprint density at radius 1 is 1.14 bits per heavy atom. The van der Waals surface area contributed by atoms with E-state index in [0.717, 1.165) is 5.56 Å². The highest BCUT2D eigenvalue weighted by molar-refractivity contribution is 5.89. The second-order valence-electron chi connectivity index (χ2n) is 9.24. The number of nitrogens with zero attached hydrogens (tertiary/aromatic N) is 4. The fourth-order valence-corrected chi connectivity index (χ4v) is 4.48. The average molecular weight is 482 g/mol. The summed E-state index contributed by atoms with van der Waals surface area (Å²) in [6, 6.07) is 12.5. The van der Waals surface area contributed by atoms with Gasteiger partial charge in [-0.1, -0.05) is 61.5 Å². The number of hydrogen-bond donors (Lipinski definition) is 1. The summed E-state index contributed by atoms with van der Waals surface area (Å²) in [4.78, 5) is 27.6. The normalized spacial score (nSPS) is 18.6. The molecule has 1 aromatic heterocycles. The predicted molar refractivity (Wildman–Crippen MR) is 127 cm³/mol. The summed E-state index contributed by atoms with van der Waals surface area (Å²) in [6.07, 6.45) is 0.125. The number of carbonyl (C=O) groups is 2. The van der Waals surface area contributed by atoms with Gasteiger partial charge < -0.3 is 10.2 Å². The van der Waals surface area contributed by atoms with Gasteiger partial charge in [0, 0.05) is 19.7 Å². The van der Waals surface area contributed by atoms with Crippen molar-refractivity contribution in [2.45, 2.75) is 50.9 Å². The number of alkyl halides is 1. The van der Waals surface area contributed by atoms with Crippen LogP contribution in [0, 0.1) is 5.82 Å². The van der Waals surface area contributed by atoms with Gasteiger partial charge in [-0.25, -0.2) is 8.78 Å². The summed E-state index contributed by atoms with van der Waals surface area (Å²) in [5, 5.41) is 10.7. The molecule has 35 heavy (non-hydrogen) atoms. The van der Waals surface area contributed by atoms with Crippen molar-refractivity contribution in [3.05, 3.63) is 82.9 Å². The van der Waals surface area contributed by atoms with E-state index in [-0.39, 0.29) is 31.1 Å². The number of halogens is 2. The number of likely N-dealkylation sites (tertiary alicyclic amines) is 1. The number of aromatic nitrogens is 3. The maximum absolute atomic E-state index is 14.8. The van der Waals surface area contributed by atoms with Crippen LogP contribution in [-0.2, 0) is 23.1 Å². The molecule has 7 nitrogen and oxygen atoms in total. The van der Waals surface area contributed by atoms with E-state index < -0.39 is 30.1 Å². The molecule has 0 saturated carbocycles. The molecule has 9 heteroatoms. The van der Waals surface area contributed by atoms with Gasteiger partial charge in [0.2, 0.25) is 11.8 Å². The molecule has 0 aliphatic carbocycles. The Bertz CT molecular complexity index is 1200. The Hall–Kier alpha value is -3.62. The summed E-state index contributed by atoms with van der Waals surface area (Å²) in [5.41, 5.74) is 2.36. The molecule has 1 fully saturated rings. The molecule has 2 aromatic carbocycles. The third-order valence-electron chi connectivity index (χ3n) is 6.25. The van der Waals surface area contributed by atoms with Crippen LogP contribution in [-0.4, -0.2) is 50.5 Å². The maximum Gasteiger partial charge on any atom is 0.243 e. The van der Waals surface area contributed by atoms with Crippen molar-refractivity contribution in [1.82, 2.24) is 25.2 Å².